The van der Waals surface area contributed by atoms with Gasteiger partial charge in [0.15, 0.2) is 11.6 Å². The molecule has 1 unspecified atom stereocenters. The van der Waals surface area contributed by atoms with Crippen molar-refractivity contribution in [2.75, 3.05) is 5.32 Å². The third kappa shape index (κ3) is 7.61. The molecule has 160 valence electrons. The lowest BCUT2D eigenvalue weighted by molar-refractivity contribution is -0.118. The summed E-state index contributed by atoms with van der Waals surface area (Å²) in [6, 6.07) is 5.21. The molecule has 1 aromatic rings. The highest BCUT2D eigenvalue weighted by Crippen LogP contribution is 2.19. The smallest absolute Gasteiger partial charge is 0.307 e. The van der Waals surface area contributed by atoms with Crippen molar-refractivity contribution in [2.45, 2.75) is 76.4 Å². The molecule has 0 heterocycles. The summed E-state index contributed by atoms with van der Waals surface area (Å²) in [4.78, 5) is 36.0. The predicted molar refractivity (Wildman–Crippen MR) is 112 cm³/mol. The van der Waals surface area contributed by atoms with Crippen LogP contribution in [0.5, 0.6) is 0 Å². The van der Waals surface area contributed by atoms with Gasteiger partial charge in [0.1, 0.15) is 5.25 Å². The Morgan fingerprint density at radius 2 is 1.45 bits per heavy atom. The molecule has 1 atom stereocenters. The van der Waals surface area contributed by atoms with Crippen LogP contribution < -0.4 is 10.0 Å². The molecule has 0 aromatic heterocycles. The fourth-order valence-corrected chi connectivity index (χ4v) is 4.88. The number of amides is 2. The average Bonchev–Trinajstić information content (AvgIpc) is 2.64. The van der Waals surface area contributed by atoms with Crippen LogP contribution >= 0.6 is 0 Å². The first-order valence-electron chi connectivity index (χ1n) is 10.3. The highest BCUT2D eigenvalue weighted by Gasteiger charge is 2.33. The molecule has 1 aliphatic carbocycles. The van der Waals surface area contributed by atoms with Crippen LogP contribution in [0.1, 0.15) is 81.5 Å². The van der Waals surface area contributed by atoms with Crippen LogP contribution in [-0.2, 0) is 14.8 Å². The summed E-state index contributed by atoms with van der Waals surface area (Å²) >= 11 is 0. The van der Waals surface area contributed by atoms with Gasteiger partial charge < -0.3 is 5.32 Å². The molecule has 1 aromatic carbocycles. The molecule has 8 heteroatoms. The number of anilines is 1. The fraction of sp³-hybridized carbons (Fsp3) is 0.571. The first-order chi connectivity index (χ1) is 13.8. The molecule has 2 amide bonds. The van der Waals surface area contributed by atoms with Crippen LogP contribution in [0.2, 0.25) is 0 Å². The van der Waals surface area contributed by atoms with E-state index >= 15 is 0 Å². The molecular weight excluding hydrogens is 392 g/mol. The highest BCUT2D eigenvalue weighted by molar-refractivity contribution is 7.91. The Bertz CT molecular complexity index is 818. The van der Waals surface area contributed by atoms with Crippen LogP contribution in [0.15, 0.2) is 24.3 Å². The lowest BCUT2D eigenvalue weighted by atomic mass is 10.0. The molecule has 0 aliphatic heterocycles. The van der Waals surface area contributed by atoms with Gasteiger partial charge in [-0.15, -0.1) is 0 Å². The number of carbonyl (C=O) groups excluding carboxylic acids is 3. The van der Waals surface area contributed by atoms with E-state index < -0.39 is 21.3 Å². The van der Waals surface area contributed by atoms with Gasteiger partial charge >= 0.3 is 6.03 Å². The number of carbonyl (C=O) groups is 3. The summed E-state index contributed by atoms with van der Waals surface area (Å²) in [5.74, 6) is -0.429. The molecule has 0 spiro atoms. The lowest BCUT2D eigenvalue weighted by Gasteiger charge is -2.18. The molecule has 2 N–H and O–H groups in total. The molecule has 7 nitrogen and oxygen atoms in total. The number of urea groups is 1. The first kappa shape index (κ1) is 23.1. The van der Waals surface area contributed by atoms with E-state index in [1.165, 1.54) is 19.1 Å². The first-order valence-corrected chi connectivity index (χ1v) is 11.8. The molecule has 0 saturated heterocycles. The highest BCUT2D eigenvalue weighted by atomic mass is 32.2. The Labute approximate surface area is 172 Å². The Morgan fingerprint density at radius 3 is 2.03 bits per heavy atom. The van der Waals surface area contributed by atoms with Crippen molar-refractivity contribution in [3.8, 4) is 0 Å². The number of hydrogen-bond donors (Lipinski definition) is 2. The molecular formula is C21H30N2O5S. The van der Waals surface area contributed by atoms with Gasteiger partial charge in [-0.2, -0.15) is 0 Å². The fourth-order valence-electron chi connectivity index (χ4n) is 3.49. The van der Waals surface area contributed by atoms with Crippen LogP contribution in [0.3, 0.4) is 0 Å². The Morgan fingerprint density at radius 1 is 0.897 bits per heavy atom. The molecule has 0 radical (unpaired) electrons. The minimum absolute atomic E-state index is 0.107. The minimum atomic E-state index is -4.13. The Kier molecular flexibility index (Phi) is 8.82. The topological polar surface area (TPSA) is 109 Å². The zero-order valence-electron chi connectivity index (χ0n) is 16.9. The number of sulfonamides is 1. The van der Waals surface area contributed by atoms with E-state index in [4.69, 9.17) is 0 Å². The second-order valence-electron chi connectivity index (χ2n) is 7.56. The van der Waals surface area contributed by atoms with E-state index in [1.807, 2.05) is 4.72 Å². The monoisotopic (exact) mass is 422 g/mol. The van der Waals surface area contributed by atoms with Crippen molar-refractivity contribution in [1.29, 1.82) is 0 Å². The molecule has 2 rings (SSSR count). The summed E-state index contributed by atoms with van der Waals surface area (Å²) in [6.45, 7) is 1.43. The van der Waals surface area contributed by atoms with Crippen molar-refractivity contribution < 1.29 is 22.8 Å². The second-order valence-corrected chi connectivity index (χ2v) is 9.42. The van der Waals surface area contributed by atoms with Crippen molar-refractivity contribution in [2.24, 2.45) is 0 Å². The molecule has 1 aliphatic rings. The third-order valence-corrected chi connectivity index (χ3v) is 6.88. The quantitative estimate of drug-likeness (QED) is 0.707. The molecule has 1 saturated carbocycles. The van der Waals surface area contributed by atoms with Gasteiger partial charge in [-0.1, -0.05) is 44.9 Å². The number of benzene rings is 1. The molecule has 29 heavy (non-hydrogen) atoms. The molecule has 1 fully saturated rings. The van der Waals surface area contributed by atoms with Crippen LogP contribution in [-0.4, -0.2) is 31.3 Å². The van der Waals surface area contributed by atoms with Gasteiger partial charge in [0.2, 0.25) is 10.0 Å². The standard InChI is InChI=1S/C21H30N2O5S/c1-16(24)17-12-14-18(15-13-17)22-21(26)23-29(27,28)20-11-9-7-5-3-2-4-6-8-10-19(20)25/h12-15,20H,2-11H2,1H3,(H2,22,23,26). The van der Waals surface area contributed by atoms with E-state index in [0.717, 1.165) is 38.5 Å². The maximum absolute atomic E-state index is 12.7. The summed E-state index contributed by atoms with van der Waals surface area (Å²) in [6.07, 6.45) is 7.97. The van der Waals surface area contributed by atoms with E-state index in [1.54, 1.807) is 12.1 Å². The van der Waals surface area contributed by atoms with Gasteiger partial charge in [-0.25, -0.2) is 17.9 Å². The summed E-state index contributed by atoms with van der Waals surface area (Å²) < 4.78 is 27.4. The average molecular weight is 423 g/mol. The van der Waals surface area contributed by atoms with Crippen molar-refractivity contribution in [3.05, 3.63) is 29.8 Å². The zero-order chi connectivity index (χ0) is 21.3. The van der Waals surface area contributed by atoms with Gasteiger partial charge in [0, 0.05) is 17.7 Å². The number of ketones is 2. The normalized spacial score (nSPS) is 19.5. The van der Waals surface area contributed by atoms with Crippen molar-refractivity contribution in [3.63, 3.8) is 0 Å². The number of Topliss-reactive ketones (excluding diaryl/α,β-unsaturated/α-hetero) is 2. The largest absolute Gasteiger partial charge is 0.332 e. The predicted octanol–water partition coefficient (Wildman–Crippen LogP) is 4.19. The third-order valence-electron chi connectivity index (χ3n) is 5.16. The van der Waals surface area contributed by atoms with Crippen molar-refractivity contribution >= 4 is 33.3 Å². The van der Waals surface area contributed by atoms with Crippen LogP contribution in [0.4, 0.5) is 10.5 Å². The number of rotatable bonds is 4. The second kappa shape index (κ2) is 11.1. The van der Waals surface area contributed by atoms with E-state index in [2.05, 4.69) is 5.32 Å². The SMILES string of the molecule is CC(=O)c1ccc(NC(=O)NS(=O)(=O)C2CCCCCCCCCCC2=O)cc1. The van der Waals surface area contributed by atoms with E-state index in [0.29, 0.717) is 24.1 Å². The van der Waals surface area contributed by atoms with Crippen molar-refractivity contribution in [1.82, 2.24) is 4.72 Å². The van der Waals surface area contributed by atoms with Gasteiger partial charge in [-0.3, -0.25) is 9.59 Å². The molecule has 0 bridgehead atoms. The summed E-state index contributed by atoms with van der Waals surface area (Å²) in [5, 5.41) is 1.23. The van der Waals surface area contributed by atoms with Crippen LogP contribution in [0.25, 0.3) is 0 Å². The zero-order valence-corrected chi connectivity index (χ0v) is 17.7. The minimum Gasteiger partial charge on any atom is -0.307 e. The summed E-state index contributed by atoms with van der Waals surface area (Å²) in [5.41, 5.74) is 0.843. The maximum Gasteiger partial charge on any atom is 0.332 e. The van der Waals surface area contributed by atoms with E-state index in [9.17, 15) is 22.8 Å². The Balaban J connectivity index is 2.02. The summed E-state index contributed by atoms with van der Waals surface area (Å²) in [7, 11) is -4.13. The lowest BCUT2D eigenvalue weighted by Crippen LogP contribution is -2.44. The maximum atomic E-state index is 12.7. The van der Waals surface area contributed by atoms with Gasteiger partial charge in [0.25, 0.3) is 0 Å². The number of nitrogens with one attached hydrogen (secondary N) is 2. The van der Waals surface area contributed by atoms with Gasteiger partial charge in [0.05, 0.1) is 0 Å². The number of hydrogen-bond acceptors (Lipinski definition) is 5. The van der Waals surface area contributed by atoms with Crippen LogP contribution in [0, 0.1) is 0 Å². The Hall–Kier alpha value is -2.22. The van der Waals surface area contributed by atoms with Gasteiger partial charge in [-0.05, 0) is 44.0 Å². The van der Waals surface area contributed by atoms with E-state index in [-0.39, 0.29) is 24.4 Å².